The van der Waals surface area contributed by atoms with Gasteiger partial charge in [0.2, 0.25) is 0 Å². The van der Waals surface area contributed by atoms with E-state index in [2.05, 4.69) is 0 Å². The fourth-order valence-corrected chi connectivity index (χ4v) is 6.61. The number of hydrogen-bond acceptors (Lipinski definition) is 0. The maximum Gasteiger partial charge on any atom is 0.112 e. The van der Waals surface area contributed by atoms with Gasteiger partial charge in [-0.15, -0.1) is 0 Å². The molecule has 0 amide bonds. The summed E-state index contributed by atoms with van der Waals surface area (Å²) in [5.41, 5.74) is 0. The van der Waals surface area contributed by atoms with Gasteiger partial charge in [-0.1, -0.05) is 61.4 Å². The minimum atomic E-state index is -2.70. The van der Waals surface area contributed by atoms with Crippen LogP contribution in [0.15, 0.2) is 91.0 Å². The first kappa shape index (κ1) is 12.0. The van der Waals surface area contributed by atoms with Crippen LogP contribution in [0.1, 0.15) is 20.1 Å². The zero-order valence-electron chi connectivity index (χ0n) is 17.7. The molecule has 0 heterocycles. The van der Waals surface area contributed by atoms with Crippen molar-refractivity contribution in [3.05, 3.63) is 91.0 Å². The summed E-state index contributed by atoms with van der Waals surface area (Å²) < 4.78 is 40.2. The third-order valence-corrected chi connectivity index (χ3v) is 8.08. The van der Waals surface area contributed by atoms with E-state index in [0.717, 1.165) is 15.9 Å². The van der Waals surface area contributed by atoms with Gasteiger partial charge in [0, 0.05) is 6.85 Å². The third kappa shape index (κ3) is 3.57. The molecule has 0 aromatic heterocycles. The highest BCUT2D eigenvalue weighted by atomic mass is 79.9. The van der Waals surface area contributed by atoms with Gasteiger partial charge in [-0.25, -0.2) is 0 Å². The van der Waals surface area contributed by atoms with Crippen molar-refractivity contribution in [1.29, 1.82) is 0 Å². The average Bonchev–Trinajstić information content (AvgIpc) is 2.67. The van der Waals surface area contributed by atoms with Crippen LogP contribution in [-0.2, 0) is 0 Å². The van der Waals surface area contributed by atoms with E-state index in [0.29, 0.717) is 0 Å². The van der Waals surface area contributed by atoms with Crippen LogP contribution in [0.5, 0.6) is 0 Å². The van der Waals surface area contributed by atoms with E-state index in [1.807, 2.05) is 91.0 Å². The van der Waals surface area contributed by atoms with Crippen LogP contribution in [0.4, 0.5) is 0 Å². The second kappa shape index (κ2) is 8.43. The van der Waals surface area contributed by atoms with Crippen LogP contribution in [-0.4, -0.2) is 6.16 Å². The molecule has 2 heteroatoms. The lowest BCUT2D eigenvalue weighted by Gasteiger charge is -2.27. The van der Waals surface area contributed by atoms with Crippen molar-refractivity contribution in [1.82, 2.24) is 0 Å². The van der Waals surface area contributed by atoms with Gasteiger partial charge in [-0.3, -0.25) is 0 Å². The summed E-state index contributed by atoms with van der Waals surface area (Å²) in [5, 5.41) is 2.95. The van der Waals surface area contributed by atoms with Crippen molar-refractivity contribution in [3.8, 4) is 0 Å². The molecule has 0 saturated heterocycles. The van der Waals surface area contributed by atoms with Gasteiger partial charge in [0.25, 0.3) is 0 Å². The predicted octanol–water partition coefficient (Wildman–Crippen LogP) is 1.39. The molecule has 0 atom stereocenters. The van der Waals surface area contributed by atoms with Crippen LogP contribution in [0.3, 0.4) is 0 Å². The molecule has 3 aromatic carbocycles. The van der Waals surface area contributed by atoms with E-state index in [1.54, 1.807) is 0 Å². The van der Waals surface area contributed by atoms with E-state index in [9.17, 15) is 0 Å². The van der Waals surface area contributed by atoms with Crippen molar-refractivity contribution in [2.45, 2.75) is 13.2 Å². The molecule has 0 bridgehead atoms. The fourth-order valence-electron chi connectivity index (χ4n) is 2.89. The molecule has 118 valence electrons. The van der Waals surface area contributed by atoms with Gasteiger partial charge < -0.3 is 17.0 Å². The first-order valence-corrected chi connectivity index (χ1v) is 9.30. The fraction of sp³-hybridized carbons (Fsp3) is 0.143. The van der Waals surface area contributed by atoms with Crippen molar-refractivity contribution < 1.29 is 23.8 Å². The molecule has 0 aliphatic rings. The van der Waals surface area contributed by atoms with E-state index >= 15 is 0 Å². The summed E-state index contributed by atoms with van der Waals surface area (Å²) in [6.07, 6.45) is -2.39. The first-order valence-electron chi connectivity index (χ1n) is 9.82. The van der Waals surface area contributed by atoms with E-state index < -0.39 is 20.5 Å². The summed E-state index contributed by atoms with van der Waals surface area (Å²) in [6.45, 7) is -2.70. The Hall–Kier alpha value is -1.43. The Balaban J connectivity index is 0.00000280. The molecule has 3 rings (SSSR count). The van der Waals surface area contributed by atoms with Gasteiger partial charge in [0.1, 0.15) is 23.2 Å². The summed E-state index contributed by atoms with van der Waals surface area (Å²) in [7, 11) is -2.51. The summed E-state index contributed by atoms with van der Waals surface area (Å²) in [4.78, 5) is 0. The van der Waals surface area contributed by atoms with E-state index in [4.69, 9.17) is 6.85 Å². The minimum Gasteiger partial charge on any atom is -1.00 e. The van der Waals surface area contributed by atoms with Gasteiger partial charge in [0.15, 0.2) is 0 Å². The van der Waals surface area contributed by atoms with Crippen LogP contribution < -0.4 is 32.9 Å². The highest BCUT2D eigenvalue weighted by molar-refractivity contribution is 7.95. The van der Waals surface area contributed by atoms with Crippen molar-refractivity contribution in [2.75, 3.05) is 6.16 Å². The van der Waals surface area contributed by atoms with Crippen LogP contribution >= 0.6 is 7.26 Å². The minimum absolute atomic E-state index is 0. The van der Waals surface area contributed by atoms with Crippen LogP contribution in [0.2, 0.25) is 0 Å². The molecule has 0 nitrogen and oxygen atoms in total. The largest absolute Gasteiger partial charge is 1.00 e. The number of rotatable bonds is 5. The lowest BCUT2D eigenvalue weighted by atomic mass is 10.4. The lowest BCUT2D eigenvalue weighted by Crippen LogP contribution is -3.00. The molecule has 0 aliphatic heterocycles. The standard InChI is InChI=1S/C21H22P.BrH/c1-2-18-22(19-12-6-3-7-13-19,20-14-8-4-9-15-20)21-16-10-5-11-17-21;/h3-17H,2,18H2,1H3;1H/q+1;/p-1/i1D3,2D2;. The molecule has 0 unspecified atom stereocenters. The van der Waals surface area contributed by atoms with Gasteiger partial charge in [0.05, 0.1) is 6.16 Å². The zero-order valence-corrected chi connectivity index (χ0v) is 15.2. The third-order valence-electron chi connectivity index (χ3n) is 3.91. The number of hydrogen-bond donors (Lipinski definition) is 0. The molecule has 0 saturated carbocycles. The maximum atomic E-state index is 8.41. The lowest BCUT2D eigenvalue weighted by molar-refractivity contribution is -0.00000433. The van der Waals surface area contributed by atoms with Crippen LogP contribution in [0, 0.1) is 0 Å². The van der Waals surface area contributed by atoms with Crippen molar-refractivity contribution in [3.63, 3.8) is 0 Å². The van der Waals surface area contributed by atoms with Gasteiger partial charge in [-0.05, 0) is 42.8 Å². The molecule has 0 aliphatic carbocycles. The molecular formula is C21H22BrP. The van der Waals surface area contributed by atoms with E-state index in [1.165, 1.54) is 0 Å². The topological polar surface area (TPSA) is 0 Å². The molecule has 23 heavy (non-hydrogen) atoms. The second-order valence-electron chi connectivity index (χ2n) is 5.15. The Morgan fingerprint density at radius 2 is 1.04 bits per heavy atom. The van der Waals surface area contributed by atoms with Crippen molar-refractivity contribution >= 4 is 23.2 Å². The maximum absolute atomic E-state index is 8.41. The SMILES string of the molecule is [2H]C([2H])([2H])C([2H])([2H])C[P+](c1ccccc1)(c1ccccc1)c1ccccc1.[Br-]. The summed E-state index contributed by atoms with van der Waals surface area (Å²) >= 11 is 0. The molecule has 3 aromatic rings. The Bertz CT molecular complexity index is 771. The number of halogens is 1. The Morgan fingerprint density at radius 1 is 0.696 bits per heavy atom. The van der Waals surface area contributed by atoms with E-state index in [-0.39, 0.29) is 23.1 Å². The Labute approximate surface area is 157 Å². The highest BCUT2D eigenvalue weighted by Gasteiger charge is 2.43. The number of benzene rings is 3. The molecule has 0 N–H and O–H groups in total. The van der Waals surface area contributed by atoms with Gasteiger partial charge in [-0.2, -0.15) is 0 Å². The quantitative estimate of drug-likeness (QED) is 0.578. The monoisotopic (exact) mass is 389 g/mol. The highest BCUT2D eigenvalue weighted by Crippen LogP contribution is 2.55. The predicted molar refractivity (Wildman–Crippen MR) is 100 cm³/mol. The summed E-state index contributed by atoms with van der Waals surface area (Å²) in [5.74, 6) is 0. The Kier molecular flexibility index (Phi) is 4.40. The molecule has 0 fully saturated rings. The second-order valence-corrected chi connectivity index (χ2v) is 8.64. The smallest absolute Gasteiger partial charge is 0.112 e. The first-order chi connectivity index (χ1) is 12.8. The molecule has 0 spiro atoms. The average molecular weight is 390 g/mol. The van der Waals surface area contributed by atoms with Crippen molar-refractivity contribution in [2.24, 2.45) is 0 Å². The normalized spacial score (nSPS) is 15.2. The Morgan fingerprint density at radius 3 is 1.35 bits per heavy atom. The zero-order chi connectivity index (χ0) is 19.5. The van der Waals surface area contributed by atoms with Gasteiger partial charge >= 0.3 is 0 Å². The summed E-state index contributed by atoms with van der Waals surface area (Å²) in [6, 6.07) is 29.3. The molecule has 0 radical (unpaired) electrons. The molecular weight excluding hydrogens is 363 g/mol. The van der Waals surface area contributed by atoms with Crippen LogP contribution in [0.25, 0.3) is 0 Å².